The number of nitrogens with one attached hydrogen (secondary N) is 1. The van der Waals surface area contributed by atoms with E-state index in [1.54, 1.807) is 0 Å². The van der Waals surface area contributed by atoms with E-state index in [0.717, 1.165) is 12.5 Å². The van der Waals surface area contributed by atoms with Gasteiger partial charge in [0.15, 0.2) is 0 Å². The van der Waals surface area contributed by atoms with Crippen LogP contribution in [0.1, 0.15) is 70.9 Å². The highest BCUT2D eigenvalue weighted by atomic mass is 15.0. The van der Waals surface area contributed by atoms with Crippen LogP contribution in [0.3, 0.4) is 0 Å². The topological polar surface area (TPSA) is 12.0 Å². The van der Waals surface area contributed by atoms with Crippen LogP contribution in [0.5, 0.6) is 0 Å². The molecule has 1 heteroatoms. The first-order valence-electron chi connectivity index (χ1n) is 8.65. The maximum Gasteiger partial charge on any atom is 0.0208 e. The fourth-order valence-corrected chi connectivity index (χ4v) is 5.05. The minimum absolute atomic E-state index is 0.449. The molecule has 3 rings (SSSR count). The van der Waals surface area contributed by atoms with Gasteiger partial charge >= 0.3 is 0 Å². The van der Waals surface area contributed by atoms with Gasteiger partial charge in [-0.25, -0.2) is 0 Å². The highest BCUT2D eigenvalue weighted by Gasteiger charge is 2.58. The molecular weight excluding hydrogens is 254 g/mol. The van der Waals surface area contributed by atoms with Gasteiger partial charge in [0, 0.05) is 12.6 Å². The Morgan fingerprint density at radius 2 is 1.81 bits per heavy atom. The third-order valence-corrected chi connectivity index (χ3v) is 6.43. The molecule has 0 saturated heterocycles. The van der Waals surface area contributed by atoms with Crippen LogP contribution < -0.4 is 5.32 Å². The summed E-state index contributed by atoms with van der Waals surface area (Å²) in [6.45, 7) is 13.0. The van der Waals surface area contributed by atoms with Crippen LogP contribution in [-0.4, -0.2) is 6.04 Å². The van der Waals surface area contributed by atoms with Crippen LogP contribution in [-0.2, 0) is 6.54 Å². The molecule has 0 radical (unpaired) electrons. The first-order chi connectivity index (χ1) is 9.83. The van der Waals surface area contributed by atoms with E-state index < -0.39 is 0 Å². The molecule has 0 amide bonds. The Bertz CT molecular complexity index is 494. The smallest absolute Gasteiger partial charge is 0.0208 e. The molecular formula is C20H31N. The Hall–Kier alpha value is -0.820. The molecule has 0 aliphatic heterocycles. The quantitative estimate of drug-likeness (QED) is 0.810. The van der Waals surface area contributed by atoms with Gasteiger partial charge in [-0.1, -0.05) is 58.9 Å². The van der Waals surface area contributed by atoms with Crippen molar-refractivity contribution in [3.8, 4) is 0 Å². The molecule has 1 N–H and O–H groups in total. The minimum Gasteiger partial charge on any atom is -0.309 e. The van der Waals surface area contributed by atoms with E-state index in [1.807, 2.05) is 0 Å². The van der Waals surface area contributed by atoms with E-state index in [1.165, 1.54) is 30.4 Å². The second-order valence-corrected chi connectivity index (χ2v) is 8.63. The Kier molecular flexibility index (Phi) is 3.68. The van der Waals surface area contributed by atoms with E-state index in [9.17, 15) is 0 Å². The normalized spacial score (nSPS) is 33.8. The first-order valence-corrected chi connectivity index (χ1v) is 8.65. The summed E-state index contributed by atoms with van der Waals surface area (Å²) in [6.07, 6.45) is 4.26. The van der Waals surface area contributed by atoms with Crippen LogP contribution in [0.15, 0.2) is 24.3 Å². The summed E-state index contributed by atoms with van der Waals surface area (Å²) in [5.41, 5.74) is 3.82. The molecule has 1 nitrogen and oxygen atoms in total. The van der Waals surface area contributed by atoms with Crippen LogP contribution >= 0.6 is 0 Å². The summed E-state index contributed by atoms with van der Waals surface area (Å²) >= 11 is 0. The fraction of sp³-hybridized carbons (Fsp3) is 0.700. The second-order valence-electron chi connectivity index (χ2n) is 8.63. The predicted molar refractivity (Wildman–Crippen MR) is 90.4 cm³/mol. The average molecular weight is 285 g/mol. The van der Waals surface area contributed by atoms with Crippen molar-refractivity contribution >= 4 is 0 Å². The summed E-state index contributed by atoms with van der Waals surface area (Å²) in [4.78, 5) is 0. The molecule has 0 aromatic heterocycles. The Morgan fingerprint density at radius 1 is 1.14 bits per heavy atom. The highest BCUT2D eigenvalue weighted by molar-refractivity contribution is 5.25. The Labute approximate surface area is 130 Å². The van der Waals surface area contributed by atoms with Crippen LogP contribution in [0, 0.1) is 16.7 Å². The zero-order valence-corrected chi connectivity index (χ0v) is 14.4. The minimum atomic E-state index is 0.449. The van der Waals surface area contributed by atoms with Gasteiger partial charge in [-0.15, -0.1) is 0 Å². The van der Waals surface area contributed by atoms with Crippen LogP contribution in [0.2, 0.25) is 0 Å². The Balaban J connectivity index is 1.67. The molecule has 21 heavy (non-hydrogen) atoms. The molecule has 1 aromatic carbocycles. The fourth-order valence-electron chi connectivity index (χ4n) is 5.05. The summed E-state index contributed by atoms with van der Waals surface area (Å²) in [6, 6.07) is 9.83. The largest absolute Gasteiger partial charge is 0.309 e. The van der Waals surface area contributed by atoms with E-state index in [0.29, 0.717) is 22.8 Å². The van der Waals surface area contributed by atoms with Gasteiger partial charge < -0.3 is 5.32 Å². The molecule has 2 fully saturated rings. The van der Waals surface area contributed by atoms with Crippen molar-refractivity contribution in [1.82, 2.24) is 5.32 Å². The van der Waals surface area contributed by atoms with Gasteiger partial charge in [0.05, 0.1) is 0 Å². The van der Waals surface area contributed by atoms with Crippen molar-refractivity contribution in [1.29, 1.82) is 0 Å². The van der Waals surface area contributed by atoms with E-state index in [2.05, 4.69) is 64.2 Å². The van der Waals surface area contributed by atoms with Crippen molar-refractivity contribution in [3.63, 3.8) is 0 Å². The molecule has 116 valence electrons. The lowest BCUT2D eigenvalue weighted by Crippen LogP contribution is -2.49. The van der Waals surface area contributed by atoms with Crippen molar-refractivity contribution in [2.24, 2.45) is 16.7 Å². The van der Waals surface area contributed by atoms with Crippen molar-refractivity contribution in [2.75, 3.05) is 0 Å². The molecule has 1 aromatic rings. The van der Waals surface area contributed by atoms with Gasteiger partial charge in [-0.2, -0.15) is 0 Å². The summed E-state index contributed by atoms with van der Waals surface area (Å²) < 4.78 is 0. The average Bonchev–Trinajstić information content (AvgIpc) is 2.90. The monoisotopic (exact) mass is 285 g/mol. The number of hydrogen-bond acceptors (Lipinski definition) is 1. The zero-order valence-electron chi connectivity index (χ0n) is 14.4. The maximum atomic E-state index is 3.91. The highest BCUT2D eigenvalue weighted by Crippen LogP contribution is 2.62. The van der Waals surface area contributed by atoms with Crippen LogP contribution in [0.25, 0.3) is 0 Å². The second kappa shape index (κ2) is 5.12. The number of fused-ring (bicyclic) bond motifs is 2. The van der Waals surface area contributed by atoms with E-state index in [4.69, 9.17) is 0 Å². The molecule has 0 heterocycles. The molecule has 2 saturated carbocycles. The zero-order chi connectivity index (χ0) is 15.3. The lowest BCUT2D eigenvalue weighted by molar-refractivity contribution is 0.108. The SMILES string of the molecule is CC(C)c1ccc(CNC2C3(C)CCC(C3)C2(C)C)cc1. The molecule has 3 unspecified atom stereocenters. The summed E-state index contributed by atoms with van der Waals surface area (Å²) in [7, 11) is 0. The molecule has 3 atom stereocenters. The van der Waals surface area contributed by atoms with Crippen molar-refractivity contribution < 1.29 is 0 Å². The lowest BCUT2D eigenvalue weighted by Gasteiger charge is -2.43. The molecule has 0 spiro atoms. The molecule has 2 aliphatic rings. The summed E-state index contributed by atoms with van der Waals surface area (Å²) in [5.74, 6) is 1.54. The third-order valence-electron chi connectivity index (χ3n) is 6.43. The van der Waals surface area contributed by atoms with E-state index in [-0.39, 0.29) is 0 Å². The number of hydrogen-bond donors (Lipinski definition) is 1. The number of rotatable bonds is 4. The number of benzene rings is 1. The van der Waals surface area contributed by atoms with Gasteiger partial charge in [0.2, 0.25) is 0 Å². The third kappa shape index (κ3) is 2.54. The predicted octanol–water partition coefficient (Wildman–Crippen LogP) is 5.11. The summed E-state index contributed by atoms with van der Waals surface area (Å²) in [5, 5.41) is 3.91. The standard InChI is InChI=1S/C20H31N/c1-14(2)16-8-6-15(7-9-16)13-21-18-19(3,4)17-10-11-20(18,5)12-17/h6-9,14,17-18,21H,10-13H2,1-5H3. The van der Waals surface area contributed by atoms with Crippen LogP contribution in [0.4, 0.5) is 0 Å². The Morgan fingerprint density at radius 3 is 2.33 bits per heavy atom. The van der Waals surface area contributed by atoms with Gasteiger partial charge in [0.1, 0.15) is 0 Å². The molecule has 2 bridgehead atoms. The van der Waals surface area contributed by atoms with Crippen molar-refractivity contribution in [3.05, 3.63) is 35.4 Å². The maximum absolute atomic E-state index is 3.91. The van der Waals surface area contributed by atoms with Crippen molar-refractivity contribution in [2.45, 2.75) is 72.4 Å². The van der Waals surface area contributed by atoms with Gasteiger partial charge in [-0.3, -0.25) is 0 Å². The van der Waals surface area contributed by atoms with E-state index >= 15 is 0 Å². The lowest BCUT2D eigenvalue weighted by atomic mass is 9.68. The van der Waals surface area contributed by atoms with Gasteiger partial charge in [-0.05, 0) is 53.1 Å². The molecule has 2 aliphatic carbocycles. The van der Waals surface area contributed by atoms with Gasteiger partial charge in [0.25, 0.3) is 0 Å². The first kappa shape index (κ1) is 15.1.